The molecule has 1 unspecified atom stereocenters. The maximum absolute atomic E-state index is 12.8. The van der Waals surface area contributed by atoms with Crippen molar-refractivity contribution in [2.75, 3.05) is 26.2 Å². The van der Waals surface area contributed by atoms with Gasteiger partial charge in [-0.25, -0.2) is 0 Å². The molecule has 5 rings (SSSR count). The van der Waals surface area contributed by atoms with Crippen LogP contribution in [0.4, 0.5) is 0 Å². The maximum Gasteiger partial charge on any atom is 0.227 e. The number of fused-ring (bicyclic) bond motifs is 2. The molecule has 0 radical (unpaired) electrons. The second kappa shape index (κ2) is 8.60. The highest BCUT2D eigenvalue weighted by Crippen LogP contribution is 2.36. The minimum absolute atomic E-state index is 0.157. The molecule has 1 atom stereocenters. The molecule has 3 aromatic rings. The Kier molecular flexibility index (Phi) is 5.51. The number of benzene rings is 1. The van der Waals surface area contributed by atoms with E-state index < -0.39 is 0 Å². The smallest absolute Gasteiger partial charge is 0.227 e. The van der Waals surface area contributed by atoms with Crippen LogP contribution in [0.2, 0.25) is 0 Å². The van der Waals surface area contributed by atoms with Gasteiger partial charge in [-0.15, -0.1) is 0 Å². The Hall–Kier alpha value is -3.05. The third-order valence-corrected chi connectivity index (χ3v) is 6.55. The average molecular weight is 413 g/mol. The highest BCUT2D eigenvalue weighted by Gasteiger charge is 2.32. The van der Waals surface area contributed by atoms with Gasteiger partial charge in [0.15, 0.2) is 0 Å². The van der Waals surface area contributed by atoms with Crippen LogP contribution >= 0.6 is 0 Å². The molecular formula is C26H28N4O. The van der Waals surface area contributed by atoms with E-state index in [4.69, 9.17) is 4.98 Å². The average Bonchev–Trinajstić information content (AvgIpc) is 2.96. The van der Waals surface area contributed by atoms with Crippen LogP contribution < -0.4 is 0 Å². The van der Waals surface area contributed by atoms with Crippen LogP contribution in [0.5, 0.6) is 0 Å². The molecule has 2 aliphatic rings. The van der Waals surface area contributed by atoms with E-state index in [1.54, 1.807) is 12.4 Å². The summed E-state index contributed by atoms with van der Waals surface area (Å²) in [5.74, 6) is 0.183. The summed E-state index contributed by atoms with van der Waals surface area (Å²) in [7, 11) is 0. The number of hydrogen-bond donors (Lipinski definition) is 0. The topological polar surface area (TPSA) is 49.3 Å². The number of hydrogen-bond acceptors (Lipinski definition) is 4. The van der Waals surface area contributed by atoms with Gasteiger partial charge in [-0.2, -0.15) is 0 Å². The summed E-state index contributed by atoms with van der Waals surface area (Å²) >= 11 is 0. The Morgan fingerprint density at radius 3 is 2.61 bits per heavy atom. The predicted octanol–water partition coefficient (Wildman–Crippen LogP) is 3.36. The first-order chi connectivity index (χ1) is 15.2. The molecule has 0 spiro atoms. The zero-order valence-electron chi connectivity index (χ0n) is 18.0. The standard InChI is InChI=1S/C26H28N4O/c1-19-6-9-23-22(16-19)8-7-21-5-3-11-28-25(21)26(23)30-14-12-29(13-15-30)24(31)17-20-4-2-10-27-18-20/h2-6,9-11,16,18,26H,7-8,12-15,17H2,1H3. The minimum Gasteiger partial charge on any atom is -0.340 e. The first-order valence-corrected chi connectivity index (χ1v) is 11.1. The molecule has 0 N–H and O–H groups in total. The van der Waals surface area contributed by atoms with Gasteiger partial charge in [0.1, 0.15) is 0 Å². The van der Waals surface area contributed by atoms with Crippen molar-refractivity contribution >= 4 is 5.91 Å². The summed E-state index contributed by atoms with van der Waals surface area (Å²) in [6, 6.07) is 15.1. The number of rotatable bonds is 3. The van der Waals surface area contributed by atoms with Crippen molar-refractivity contribution in [2.24, 2.45) is 0 Å². The Morgan fingerprint density at radius 1 is 1.00 bits per heavy atom. The van der Waals surface area contributed by atoms with E-state index >= 15 is 0 Å². The highest BCUT2D eigenvalue weighted by atomic mass is 16.2. The van der Waals surface area contributed by atoms with Crippen molar-refractivity contribution in [3.05, 3.63) is 94.6 Å². The first kappa shape index (κ1) is 19.9. The SMILES string of the molecule is Cc1ccc2c(c1)CCc1cccnc1C2N1CCN(C(=O)Cc2cccnc2)CC1. The lowest BCUT2D eigenvalue weighted by atomic mass is 9.94. The summed E-state index contributed by atoms with van der Waals surface area (Å²) in [5.41, 5.74) is 7.61. The van der Waals surface area contributed by atoms with E-state index in [-0.39, 0.29) is 11.9 Å². The van der Waals surface area contributed by atoms with Crippen LogP contribution in [-0.2, 0) is 24.1 Å². The molecule has 1 aromatic carbocycles. The number of carbonyl (C=O) groups is 1. The molecule has 31 heavy (non-hydrogen) atoms. The maximum atomic E-state index is 12.8. The van der Waals surface area contributed by atoms with Crippen LogP contribution in [0.15, 0.2) is 61.1 Å². The summed E-state index contributed by atoms with van der Waals surface area (Å²) in [6.45, 7) is 5.37. The Labute approximate surface area is 183 Å². The van der Waals surface area contributed by atoms with Gasteiger partial charge in [0.2, 0.25) is 5.91 Å². The van der Waals surface area contributed by atoms with Gasteiger partial charge in [0.05, 0.1) is 18.2 Å². The third-order valence-electron chi connectivity index (χ3n) is 6.55. The highest BCUT2D eigenvalue weighted by molar-refractivity contribution is 5.78. The van der Waals surface area contributed by atoms with Crippen molar-refractivity contribution in [3.8, 4) is 0 Å². The predicted molar refractivity (Wildman–Crippen MR) is 121 cm³/mol. The molecule has 1 fully saturated rings. The molecule has 5 heteroatoms. The lowest BCUT2D eigenvalue weighted by molar-refractivity contribution is -0.132. The van der Waals surface area contributed by atoms with Crippen molar-refractivity contribution < 1.29 is 4.79 Å². The zero-order chi connectivity index (χ0) is 21.2. The van der Waals surface area contributed by atoms with Gasteiger partial charge in [-0.1, -0.05) is 35.9 Å². The fraction of sp³-hybridized carbons (Fsp3) is 0.346. The molecule has 1 aliphatic carbocycles. The number of nitrogens with zero attached hydrogens (tertiary/aromatic N) is 4. The monoisotopic (exact) mass is 412 g/mol. The number of aromatic nitrogens is 2. The van der Waals surface area contributed by atoms with Gasteiger partial charge in [0, 0.05) is 44.8 Å². The van der Waals surface area contributed by atoms with Crippen molar-refractivity contribution in [1.29, 1.82) is 0 Å². The van der Waals surface area contributed by atoms with E-state index in [0.717, 1.165) is 44.6 Å². The first-order valence-electron chi connectivity index (χ1n) is 11.1. The molecule has 1 saturated heterocycles. The molecular weight excluding hydrogens is 384 g/mol. The van der Waals surface area contributed by atoms with Crippen LogP contribution in [0.25, 0.3) is 0 Å². The molecule has 3 heterocycles. The van der Waals surface area contributed by atoms with Gasteiger partial charge in [-0.3, -0.25) is 19.7 Å². The van der Waals surface area contributed by atoms with Gasteiger partial charge >= 0.3 is 0 Å². The number of piperazine rings is 1. The number of pyridine rings is 2. The number of aryl methyl sites for hydroxylation is 3. The summed E-state index contributed by atoms with van der Waals surface area (Å²) < 4.78 is 0. The van der Waals surface area contributed by atoms with E-state index in [1.807, 2.05) is 29.3 Å². The summed E-state index contributed by atoms with van der Waals surface area (Å²) in [6.07, 6.45) is 7.93. The lowest BCUT2D eigenvalue weighted by Crippen LogP contribution is -2.50. The Balaban J connectivity index is 1.37. The van der Waals surface area contributed by atoms with E-state index in [9.17, 15) is 4.79 Å². The summed E-state index contributed by atoms with van der Waals surface area (Å²) in [4.78, 5) is 26.3. The van der Waals surface area contributed by atoms with Crippen LogP contribution in [0.1, 0.15) is 39.6 Å². The second-order valence-electron chi connectivity index (χ2n) is 8.61. The normalized spacial score (nSPS) is 18.7. The molecule has 158 valence electrons. The molecule has 5 nitrogen and oxygen atoms in total. The quantitative estimate of drug-likeness (QED) is 0.662. The molecule has 2 aromatic heterocycles. The molecule has 1 amide bonds. The fourth-order valence-corrected chi connectivity index (χ4v) is 4.93. The Morgan fingerprint density at radius 2 is 1.81 bits per heavy atom. The molecule has 0 bridgehead atoms. The third kappa shape index (κ3) is 4.10. The largest absolute Gasteiger partial charge is 0.340 e. The number of amides is 1. The van der Waals surface area contributed by atoms with Gasteiger partial charge < -0.3 is 4.90 Å². The number of carbonyl (C=O) groups excluding carboxylic acids is 1. The summed E-state index contributed by atoms with van der Waals surface area (Å²) in [5, 5.41) is 0. The fourth-order valence-electron chi connectivity index (χ4n) is 4.93. The van der Waals surface area contributed by atoms with Gasteiger partial charge in [-0.05, 0) is 54.2 Å². The van der Waals surface area contributed by atoms with Crippen LogP contribution in [0, 0.1) is 6.92 Å². The minimum atomic E-state index is 0.157. The molecule has 1 aliphatic heterocycles. The molecule has 0 saturated carbocycles. The second-order valence-corrected chi connectivity index (χ2v) is 8.61. The lowest BCUT2D eigenvalue weighted by Gasteiger charge is -2.40. The van der Waals surface area contributed by atoms with Crippen molar-refractivity contribution in [3.63, 3.8) is 0 Å². The van der Waals surface area contributed by atoms with Crippen LogP contribution in [-0.4, -0.2) is 51.9 Å². The Bertz CT molecular complexity index is 1070. The van der Waals surface area contributed by atoms with Crippen LogP contribution in [0.3, 0.4) is 0 Å². The zero-order valence-corrected chi connectivity index (χ0v) is 18.0. The van der Waals surface area contributed by atoms with Gasteiger partial charge in [0.25, 0.3) is 0 Å². The van der Waals surface area contributed by atoms with E-state index in [2.05, 4.69) is 41.1 Å². The van der Waals surface area contributed by atoms with E-state index in [1.165, 1.54) is 27.9 Å². The van der Waals surface area contributed by atoms with E-state index in [0.29, 0.717) is 6.42 Å². The van der Waals surface area contributed by atoms with Crippen molar-refractivity contribution in [1.82, 2.24) is 19.8 Å². The van der Waals surface area contributed by atoms with Crippen molar-refractivity contribution in [2.45, 2.75) is 32.2 Å².